The molecule has 0 nitrogen and oxygen atoms in total. The van der Waals surface area contributed by atoms with Crippen LogP contribution in [-0.4, -0.2) is 0 Å². The van der Waals surface area contributed by atoms with Crippen LogP contribution in [-0.2, 0) is 0 Å². The highest BCUT2D eigenvalue weighted by Crippen LogP contribution is 2.42. The zero-order chi connectivity index (χ0) is 13.9. The smallest absolute Gasteiger partial charge is 0.0309 e. The Morgan fingerprint density at radius 2 is 1.45 bits per heavy atom. The van der Waals surface area contributed by atoms with Crippen molar-refractivity contribution in [3.8, 4) is 0 Å². The van der Waals surface area contributed by atoms with E-state index in [0.29, 0.717) is 5.92 Å². The van der Waals surface area contributed by atoms with Crippen LogP contribution in [0.1, 0.15) is 24.5 Å². The van der Waals surface area contributed by atoms with E-state index in [1.54, 1.807) is 0 Å². The fourth-order valence-corrected chi connectivity index (χ4v) is 2.45. The first kappa shape index (κ1) is 12.7. The molecule has 1 atom stereocenters. The molecule has 0 aliphatic heterocycles. The van der Waals surface area contributed by atoms with Crippen molar-refractivity contribution in [2.75, 3.05) is 0 Å². The lowest BCUT2D eigenvalue weighted by Crippen LogP contribution is -1.85. The van der Waals surface area contributed by atoms with Gasteiger partial charge < -0.3 is 0 Å². The quantitative estimate of drug-likeness (QED) is 0.521. The van der Waals surface area contributed by atoms with Gasteiger partial charge in [-0.1, -0.05) is 72.8 Å². The molecule has 0 heterocycles. The summed E-state index contributed by atoms with van der Waals surface area (Å²) in [5, 5.41) is 0. The van der Waals surface area contributed by atoms with Crippen molar-refractivity contribution in [2.45, 2.75) is 13.3 Å². The van der Waals surface area contributed by atoms with Crippen molar-refractivity contribution in [3.05, 3.63) is 95.2 Å². The van der Waals surface area contributed by atoms with E-state index in [1.165, 1.54) is 27.8 Å². The average molecular weight is 258 g/mol. The summed E-state index contributed by atoms with van der Waals surface area (Å²) in [5.74, 6) is 0.539. The molecule has 3 rings (SSSR count). The fraction of sp³-hybridized carbons (Fsp3) is 0.150. The van der Waals surface area contributed by atoms with Gasteiger partial charge in [0.15, 0.2) is 0 Å². The van der Waals surface area contributed by atoms with Gasteiger partial charge in [-0.3, -0.25) is 0 Å². The Bertz CT molecular complexity index is 642. The first-order valence-electron chi connectivity index (χ1n) is 7.01. The van der Waals surface area contributed by atoms with Gasteiger partial charge in [-0.05, 0) is 30.0 Å². The van der Waals surface area contributed by atoms with Gasteiger partial charge in [0.25, 0.3) is 0 Å². The van der Waals surface area contributed by atoms with E-state index >= 15 is 0 Å². The molecule has 0 N–H and O–H groups in total. The van der Waals surface area contributed by atoms with Crippen LogP contribution in [0.2, 0.25) is 0 Å². The average Bonchev–Trinajstić information content (AvgIpc) is 3.26. The molecule has 0 heteroatoms. The predicted octanol–water partition coefficient (Wildman–Crippen LogP) is 5.24. The SMILES string of the molecule is C=C(C)C1CC1=C=C(c1ccccc1)c1ccccc1. The van der Waals surface area contributed by atoms with Crippen molar-refractivity contribution >= 4 is 5.57 Å². The van der Waals surface area contributed by atoms with Crippen LogP contribution in [0, 0.1) is 5.92 Å². The Morgan fingerprint density at radius 1 is 0.950 bits per heavy atom. The molecule has 1 unspecified atom stereocenters. The van der Waals surface area contributed by atoms with Crippen LogP contribution in [0.25, 0.3) is 5.57 Å². The van der Waals surface area contributed by atoms with Gasteiger partial charge in [0, 0.05) is 11.5 Å². The molecule has 0 aromatic heterocycles. The third-order valence-corrected chi connectivity index (χ3v) is 3.69. The maximum atomic E-state index is 4.05. The molecule has 1 saturated carbocycles. The topological polar surface area (TPSA) is 0 Å². The molecule has 1 aliphatic rings. The van der Waals surface area contributed by atoms with Gasteiger partial charge in [-0.25, -0.2) is 0 Å². The molecule has 2 aromatic carbocycles. The normalized spacial score (nSPS) is 16.4. The second-order valence-electron chi connectivity index (χ2n) is 5.36. The molecule has 0 saturated heterocycles. The first-order chi connectivity index (χ1) is 9.75. The number of allylic oxidation sites excluding steroid dienone is 2. The maximum Gasteiger partial charge on any atom is 0.0309 e. The molecule has 20 heavy (non-hydrogen) atoms. The molecule has 0 radical (unpaired) electrons. The number of hydrogen-bond acceptors (Lipinski definition) is 0. The van der Waals surface area contributed by atoms with E-state index < -0.39 is 0 Å². The Kier molecular flexibility index (Phi) is 3.41. The summed E-state index contributed by atoms with van der Waals surface area (Å²) in [6.07, 6.45) is 1.11. The standard InChI is InChI=1S/C20H18/c1-15(2)19-13-18(19)14-20(16-9-5-3-6-10-16)17-11-7-4-8-12-17/h3-12,19H,1,13H2,2H3. The van der Waals surface area contributed by atoms with E-state index in [4.69, 9.17) is 0 Å². The van der Waals surface area contributed by atoms with Crippen molar-refractivity contribution in [3.63, 3.8) is 0 Å². The molecule has 98 valence electrons. The van der Waals surface area contributed by atoms with Gasteiger partial charge in [0.1, 0.15) is 0 Å². The zero-order valence-electron chi connectivity index (χ0n) is 11.8. The summed E-state index contributed by atoms with van der Waals surface area (Å²) >= 11 is 0. The third-order valence-electron chi connectivity index (χ3n) is 3.69. The lowest BCUT2D eigenvalue weighted by atomic mass is 9.98. The Morgan fingerprint density at radius 3 is 1.85 bits per heavy atom. The first-order valence-corrected chi connectivity index (χ1v) is 7.01. The van der Waals surface area contributed by atoms with Crippen LogP contribution in [0.5, 0.6) is 0 Å². The van der Waals surface area contributed by atoms with Gasteiger partial charge in [-0.15, -0.1) is 5.73 Å². The summed E-state index contributed by atoms with van der Waals surface area (Å²) in [6, 6.07) is 21.0. The molecule has 2 aromatic rings. The molecular weight excluding hydrogens is 240 g/mol. The van der Waals surface area contributed by atoms with Gasteiger partial charge in [0.2, 0.25) is 0 Å². The highest BCUT2D eigenvalue weighted by Gasteiger charge is 2.30. The van der Waals surface area contributed by atoms with Crippen LogP contribution in [0.4, 0.5) is 0 Å². The fourth-order valence-electron chi connectivity index (χ4n) is 2.45. The Balaban J connectivity index is 2.12. The lowest BCUT2D eigenvalue weighted by molar-refractivity contribution is 1.05. The van der Waals surface area contributed by atoms with Crippen LogP contribution >= 0.6 is 0 Å². The van der Waals surface area contributed by atoms with E-state index in [-0.39, 0.29) is 0 Å². The minimum atomic E-state index is 0.539. The van der Waals surface area contributed by atoms with Crippen molar-refractivity contribution in [1.29, 1.82) is 0 Å². The summed E-state index contributed by atoms with van der Waals surface area (Å²) < 4.78 is 0. The van der Waals surface area contributed by atoms with Gasteiger partial charge >= 0.3 is 0 Å². The molecule has 1 aliphatic carbocycles. The summed E-state index contributed by atoms with van der Waals surface area (Å²) in [4.78, 5) is 0. The van der Waals surface area contributed by atoms with E-state index in [2.05, 4.69) is 67.8 Å². The van der Waals surface area contributed by atoms with Crippen LogP contribution in [0.3, 0.4) is 0 Å². The number of rotatable bonds is 3. The van der Waals surface area contributed by atoms with Crippen molar-refractivity contribution < 1.29 is 0 Å². The highest BCUT2D eigenvalue weighted by molar-refractivity contribution is 5.80. The van der Waals surface area contributed by atoms with E-state index in [1.807, 2.05) is 12.1 Å². The molecule has 1 fully saturated rings. The monoisotopic (exact) mass is 258 g/mol. The molecular formula is C20H18. The maximum absolute atomic E-state index is 4.05. The van der Waals surface area contributed by atoms with Gasteiger partial charge in [0.05, 0.1) is 0 Å². The number of benzene rings is 2. The van der Waals surface area contributed by atoms with E-state index in [0.717, 1.165) is 6.42 Å². The minimum Gasteiger partial charge on any atom is -0.112 e. The van der Waals surface area contributed by atoms with Crippen LogP contribution < -0.4 is 0 Å². The molecule has 0 amide bonds. The number of hydrogen-bond donors (Lipinski definition) is 0. The second-order valence-corrected chi connectivity index (χ2v) is 5.36. The molecule has 0 spiro atoms. The summed E-state index contributed by atoms with van der Waals surface area (Å²) in [6.45, 7) is 6.15. The van der Waals surface area contributed by atoms with Crippen molar-refractivity contribution in [1.82, 2.24) is 0 Å². The van der Waals surface area contributed by atoms with Crippen LogP contribution in [0.15, 0.2) is 84.1 Å². The van der Waals surface area contributed by atoms with E-state index in [9.17, 15) is 0 Å². The van der Waals surface area contributed by atoms with Gasteiger partial charge in [-0.2, -0.15) is 0 Å². The Labute approximate surface area is 120 Å². The van der Waals surface area contributed by atoms with Crippen molar-refractivity contribution in [2.24, 2.45) is 5.92 Å². The summed E-state index contributed by atoms with van der Waals surface area (Å²) in [5.41, 5.74) is 9.87. The minimum absolute atomic E-state index is 0.539. The lowest BCUT2D eigenvalue weighted by Gasteiger charge is -2.05. The highest BCUT2D eigenvalue weighted by atomic mass is 14.3. The predicted molar refractivity (Wildman–Crippen MR) is 85.3 cm³/mol. The summed E-state index contributed by atoms with van der Waals surface area (Å²) in [7, 11) is 0. The largest absolute Gasteiger partial charge is 0.112 e. The molecule has 0 bridgehead atoms. The second kappa shape index (κ2) is 5.36. The Hall–Kier alpha value is -2.30. The zero-order valence-corrected chi connectivity index (χ0v) is 11.8. The third kappa shape index (κ3) is 2.66.